The van der Waals surface area contributed by atoms with Crippen molar-refractivity contribution in [3.05, 3.63) is 131 Å². The maximum Gasteiger partial charge on any atom is 0.247 e. The van der Waals surface area contributed by atoms with Gasteiger partial charge in [-0.1, -0.05) is 60.7 Å². The van der Waals surface area contributed by atoms with Crippen molar-refractivity contribution in [1.29, 1.82) is 0 Å². The molecule has 4 aromatic carbocycles. The molecule has 2 N–H and O–H groups in total. The molecule has 2 heterocycles. The fraction of sp³-hybridized carbons (Fsp3) is 0.256. The van der Waals surface area contributed by atoms with E-state index in [4.69, 9.17) is 0 Å². The number of carbonyl (C=O) groups is 5. The Bertz CT molecular complexity index is 1640. The van der Waals surface area contributed by atoms with Crippen molar-refractivity contribution in [3.8, 4) is 0 Å². The summed E-state index contributed by atoms with van der Waals surface area (Å²) < 4.78 is 0. The van der Waals surface area contributed by atoms with Crippen molar-refractivity contribution in [1.82, 2.24) is 9.80 Å². The minimum atomic E-state index is -0.534. The molecule has 9 nitrogen and oxygen atoms in total. The minimum Gasteiger partial charge on any atom is -0.330 e. The van der Waals surface area contributed by atoms with Crippen LogP contribution in [0.25, 0.3) is 0 Å². The van der Waals surface area contributed by atoms with Crippen molar-refractivity contribution in [2.24, 2.45) is 0 Å². The summed E-state index contributed by atoms with van der Waals surface area (Å²) in [5.41, 5.74) is 3.81. The molecule has 2 aliphatic rings. The van der Waals surface area contributed by atoms with Gasteiger partial charge in [0.2, 0.25) is 23.6 Å². The van der Waals surface area contributed by atoms with E-state index >= 15 is 0 Å². The lowest BCUT2D eigenvalue weighted by atomic mass is 10.0. The summed E-state index contributed by atoms with van der Waals surface area (Å²) >= 11 is 0. The number of amides is 4. The summed E-state index contributed by atoms with van der Waals surface area (Å²) in [6.07, 6.45) is 3.24. The van der Waals surface area contributed by atoms with Crippen LogP contribution in [-0.2, 0) is 32.0 Å². The zero-order valence-corrected chi connectivity index (χ0v) is 26.6. The third-order valence-electron chi connectivity index (χ3n) is 8.98. The summed E-state index contributed by atoms with van der Waals surface area (Å²) in [6.45, 7) is 1.10. The topological polar surface area (TPSA) is 116 Å². The monoisotopic (exact) mass is 642 g/mol. The summed E-state index contributed by atoms with van der Waals surface area (Å²) in [7, 11) is 0. The normalized spacial score (nSPS) is 17.2. The first kappa shape index (κ1) is 32.4. The van der Waals surface area contributed by atoms with E-state index in [1.165, 1.54) is 0 Å². The number of nitrogens with zero attached hydrogens (tertiary/aromatic N) is 2. The Morgan fingerprint density at radius 3 is 1.27 bits per heavy atom. The standard InChI is InChI=1S/C39H38N4O5/c44-35(25-27-9-3-1-4-10-27)42-23-7-13-33(42)38(47)40-31-19-15-29(16-20-31)37(46)30-17-21-32(22-18-30)41-39(48)34-14-8-24-43(34)36(45)26-28-11-5-2-6-12-28/h1-6,9-12,15-22,33-34H,7-8,13-14,23-26H2,(H,40,47)(H,41,48)/t33-,34-/m0/s1. The van der Waals surface area contributed by atoms with Gasteiger partial charge in [0.15, 0.2) is 5.78 Å². The third-order valence-corrected chi connectivity index (χ3v) is 8.98. The molecular formula is C39H38N4O5. The van der Waals surface area contributed by atoms with Gasteiger partial charge in [0.25, 0.3) is 0 Å². The van der Waals surface area contributed by atoms with E-state index in [9.17, 15) is 24.0 Å². The van der Waals surface area contributed by atoms with Gasteiger partial charge in [-0.2, -0.15) is 0 Å². The molecule has 2 saturated heterocycles. The molecule has 244 valence electrons. The van der Waals surface area contributed by atoms with Gasteiger partial charge in [-0.25, -0.2) is 0 Å². The number of hydrogen-bond donors (Lipinski definition) is 2. The number of ketones is 1. The molecule has 0 saturated carbocycles. The van der Waals surface area contributed by atoms with Gasteiger partial charge < -0.3 is 20.4 Å². The molecule has 2 fully saturated rings. The highest BCUT2D eigenvalue weighted by Gasteiger charge is 2.35. The number of rotatable bonds is 10. The van der Waals surface area contributed by atoms with Crippen molar-refractivity contribution in [2.75, 3.05) is 23.7 Å². The predicted octanol–water partition coefficient (Wildman–Crippen LogP) is 5.26. The number of benzene rings is 4. The molecule has 0 spiro atoms. The number of carbonyl (C=O) groups excluding carboxylic acids is 5. The molecule has 2 aliphatic heterocycles. The number of nitrogens with one attached hydrogen (secondary N) is 2. The molecule has 0 radical (unpaired) electrons. The second-order valence-corrected chi connectivity index (χ2v) is 12.3. The number of likely N-dealkylation sites (tertiary alicyclic amines) is 2. The largest absolute Gasteiger partial charge is 0.330 e. The molecule has 0 bridgehead atoms. The molecule has 0 unspecified atom stereocenters. The van der Waals surface area contributed by atoms with Gasteiger partial charge >= 0.3 is 0 Å². The quantitative estimate of drug-likeness (QED) is 0.229. The van der Waals surface area contributed by atoms with E-state index in [1.807, 2.05) is 60.7 Å². The zero-order valence-electron chi connectivity index (χ0n) is 26.6. The van der Waals surface area contributed by atoms with E-state index in [0.29, 0.717) is 48.4 Å². The molecule has 4 aromatic rings. The van der Waals surface area contributed by atoms with Crippen LogP contribution in [0, 0.1) is 0 Å². The van der Waals surface area contributed by atoms with E-state index in [1.54, 1.807) is 58.3 Å². The first-order valence-electron chi connectivity index (χ1n) is 16.4. The third kappa shape index (κ3) is 7.69. The lowest BCUT2D eigenvalue weighted by Gasteiger charge is -2.24. The van der Waals surface area contributed by atoms with Crippen LogP contribution in [0.1, 0.15) is 52.7 Å². The molecule has 48 heavy (non-hydrogen) atoms. The van der Waals surface area contributed by atoms with Crippen molar-refractivity contribution in [3.63, 3.8) is 0 Å². The van der Waals surface area contributed by atoms with Crippen LogP contribution in [0.4, 0.5) is 11.4 Å². The Morgan fingerprint density at radius 1 is 0.521 bits per heavy atom. The minimum absolute atomic E-state index is 0.0696. The van der Waals surface area contributed by atoms with Gasteiger partial charge in [-0.3, -0.25) is 24.0 Å². The smallest absolute Gasteiger partial charge is 0.247 e. The Morgan fingerprint density at radius 2 is 0.896 bits per heavy atom. The lowest BCUT2D eigenvalue weighted by molar-refractivity contribution is -0.136. The Kier molecular flexibility index (Phi) is 10.0. The van der Waals surface area contributed by atoms with Crippen LogP contribution < -0.4 is 10.6 Å². The molecule has 0 aromatic heterocycles. The molecule has 2 atom stereocenters. The maximum absolute atomic E-state index is 13.2. The van der Waals surface area contributed by atoms with E-state index < -0.39 is 12.1 Å². The average molecular weight is 643 g/mol. The number of hydrogen-bond acceptors (Lipinski definition) is 5. The van der Waals surface area contributed by atoms with E-state index in [-0.39, 0.29) is 42.3 Å². The predicted molar refractivity (Wildman–Crippen MR) is 183 cm³/mol. The molecule has 4 amide bonds. The zero-order chi connectivity index (χ0) is 33.5. The second kappa shape index (κ2) is 14.9. The van der Waals surface area contributed by atoms with Crippen molar-refractivity contribution >= 4 is 40.8 Å². The fourth-order valence-corrected chi connectivity index (χ4v) is 6.45. The second-order valence-electron chi connectivity index (χ2n) is 12.3. The fourth-order valence-electron chi connectivity index (χ4n) is 6.45. The molecule has 9 heteroatoms. The Hall–Kier alpha value is -5.57. The van der Waals surface area contributed by atoms with Gasteiger partial charge in [-0.15, -0.1) is 0 Å². The van der Waals surface area contributed by atoms with E-state index in [0.717, 1.165) is 24.0 Å². The SMILES string of the molecule is O=C(c1ccc(NC(=O)[C@@H]2CCCN2C(=O)Cc2ccccc2)cc1)c1ccc(NC(=O)[C@@H]2CCCN2C(=O)Cc2ccccc2)cc1. The van der Waals surface area contributed by atoms with Gasteiger partial charge in [0, 0.05) is 35.6 Å². The van der Waals surface area contributed by atoms with Crippen molar-refractivity contribution in [2.45, 2.75) is 50.6 Å². The average Bonchev–Trinajstić information content (AvgIpc) is 3.81. The summed E-state index contributed by atoms with van der Waals surface area (Å²) in [5.74, 6) is -0.828. The van der Waals surface area contributed by atoms with E-state index in [2.05, 4.69) is 10.6 Å². The van der Waals surface area contributed by atoms with Crippen LogP contribution in [0.5, 0.6) is 0 Å². The summed E-state index contributed by atoms with van der Waals surface area (Å²) in [5, 5.41) is 5.80. The van der Waals surface area contributed by atoms with Gasteiger partial charge in [-0.05, 0) is 85.3 Å². The highest BCUT2D eigenvalue weighted by Crippen LogP contribution is 2.23. The van der Waals surface area contributed by atoms with Crippen LogP contribution in [-0.4, -0.2) is 64.4 Å². The van der Waals surface area contributed by atoms with Crippen LogP contribution >= 0.6 is 0 Å². The first-order valence-corrected chi connectivity index (χ1v) is 16.4. The molecular weight excluding hydrogens is 604 g/mol. The van der Waals surface area contributed by atoms with Gasteiger partial charge in [0.1, 0.15) is 12.1 Å². The molecule has 6 rings (SSSR count). The Labute approximate surface area is 279 Å². The summed E-state index contributed by atoms with van der Waals surface area (Å²) in [6, 6.07) is 31.3. The molecule has 0 aliphatic carbocycles. The first-order chi connectivity index (χ1) is 23.4. The Balaban J connectivity index is 1.01. The number of anilines is 2. The van der Waals surface area contributed by atoms with Crippen LogP contribution in [0.2, 0.25) is 0 Å². The highest BCUT2D eigenvalue weighted by molar-refractivity contribution is 6.09. The van der Waals surface area contributed by atoms with Crippen molar-refractivity contribution < 1.29 is 24.0 Å². The van der Waals surface area contributed by atoms with Crippen LogP contribution in [0.3, 0.4) is 0 Å². The van der Waals surface area contributed by atoms with Gasteiger partial charge in [0.05, 0.1) is 12.8 Å². The highest BCUT2D eigenvalue weighted by atomic mass is 16.2. The van der Waals surface area contributed by atoms with Crippen LogP contribution in [0.15, 0.2) is 109 Å². The maximum atomic E-state index is 13.2. The lowest BCUT2D eigenvalue weighted by Crippen LogP contribution is -2.43. The summed E-state index contributed by atoms with van der Waals surface area (Å²) in [4.78, 5) is 68.6.